The van der Waals surface area contributed by atoms with Gasteiger partial charge in [0.05, 0.1) is 0 Å². The van der Waals surface area contributed by atoms with Crippen molar-refractivity contribution >= 4 is 5.91 Å². The molecule has 0 aromatic rings. The molecule has 0 N–H and O–H groups in total. The molecule has 2 fully saturated rings. The van der Waals surface area contributed by atoms with Crippen LogP contribution >= 0.6 is 0 Å². The molecule has 88 valence electrons. The van der Waals surface area contributed by atoms with E-state index in [-0.39, 0.29) is 0 Å². The molecule has 3 aliphatic rings. The molecule has 0 spiro atoms. The molecule has 0 saturated heterocycles. The fourth-order valence-corrected chi connectivity index (χ4v) is 4.27. The predicted octanol–water partition coefficient (Wildman–Crippen LogP) is 2.46. The second-order valence-corrected chi connectivity index (χ2v) is 5.92. The highest BCUT2D eigenvalue weighted by molar-refractivity contribution is 5.79. The van der Waals surface area contributed by atoms with Gasteiger partial charge in [-0.1, -0.05) is 11.6 Å². The summed E-state index contributed by atoms with van der Waals surface area (Å²) in [6, 6.07) is 0. The summed E-state index contributed by atoms with van der Waals surface area (Å²) >= 11 is 0. The lowest BCUT2D eigenvalue weighted by molar-refractivity contribution is -0.133. The smallest absolute Gasteiger partial charge is 0.225 e. The van der Waals surface area contributed by atoms with E-state index in [1.165, 1.54) is 25.7 Å². The molecule has 2 nitrogen and oxygen atoms in total. The SMILES string of the molecule is CN(C)C(=O)C1CCC2CC3CCC=C3C21. The molecule has 3 rings (SSSR count). The van der Waals surface area contributed by atoms with Crippen LogP contribution in [0.2, 0.25) is 0 Å². The Hall–Kier alpha value is -0.790. The third kappa shape index (κ3) is 1.35. The quantitative estimate of drug-likeness (QED) is 0.620. The van der Waals surface area contributed by atoms with Crippen molar-refractivity contribution in [1.82, 2.24) is 4.90 Å². The minimum atomic E-state index is 0.300. The van der Waals surface area contributed by atoms with Gasteiger partial charge in [0, 0.05) is 20.0 Å². The van der Waals surface area contributed by atoms with Crippen molar-refractivity contribution in [2.75, 3.05) is 14.1 Å². The summed E-state index contributed by atoms with van der Waals surface area (Å²) < 4.78 is 0. The normalized spacial score (nSPS) is 40.5. The Morgan fingerprint density at radius 3 is 2.88 bits per heavy atom. The summed E-state index contributed by atoms with van der Waals surface area (Å²) in [4.78, 5) is 14.0. The Morgan fingerprint density at radius 2 is 2.12 bits per heavy atom. The monoisotopic (exact) mass is 219 g/mol. The number of carbonyl (C=O) groups is 1. The van der Waals surface area contributed by atoms with E-state index in [1.807, 2.05) is 14.1 Å². The first-order valence-electron chi connectivity index (χ1n) is 6.59. The molecule has 16 heavy (non-hydrogen) atoms. The highest BCUT2D eigenvalue weighted by Gasteiger charge is 2.49. The third-order valence-corrected chi connectivity index (χ3v) is 4.89. The molecule has 3 aliphatic carbocycles. The number of hydrogen-bond acceptors (Lipinski definition) is 1. The van der Waals surface area contributed by atoms with Crippen LogP contribution in [-0.2, 0) is 4.79 Å². The van der Waals surface area contributed by atoms with Crippen molar-refractivity contribution < 1.29 is 4.79 Å². The fraction of sp³-hybridized carbons (Fsp3) is 0.786. The van der Waals surface area contributed by atoms with Gasteiger partial charge in [-0.15, -0.1) is 0 Å². The van der Waals surface area contributed by atoms with Crippen molar-refractivity contribution in [3.05, 3.63) is 11.6 Å². The Balaban J connectivity index is 1.85. The number of fused-ring (bicyclic) bond motifs is 3. The summed E-state index contributed by atoms with van der Waals surface area (Å²) in [6.07, 6.45) is 8.82. The first kappa shape index (κ1) is 10.4. The molecule has 2 heteroatoms. The lowest BCUT2D eigenvalue weighted by Crippen LogP contribution is -2.32. The van der Waals surface area contributed by atoms with Crippen LogP contribution < -0.4 is 0 Å². The van der Waals surface area contributed by atoms with Gasteiger partial charge in [0.25, 0.3) is 0 Å². The maximum atomic E-state index is 12.2. The molecule has 1 amide bonds. The van der Waals surface area contributed by atoms with Gasteiger partial charge in [-0.3, -0.25) is 4.79 Å². The van der Waals surface area contributed by atoms with Crippen molar-refractivity contribution in [1.29, 1.82) is 0 Å². The van der Waals surface area contributed by atoms with Crippen molar-refractivity contribution in [2.24, 2.45) is 23.7 Å². The van der Waals surface area contributed by atoms with Crippen molar-refractivity contribution in [2.45, 2.75) is 32.1 Å². The van der Waals surface area contributed by atoms with Gasteiger partial charge < -0.3 is 4.90 Å². The van der Waals surface area contributed by atoms with Crippen molar-refractivity contribution in [3.8, 4) is 0 Å². The van der Waals surface area contributed by atoms with Gasteiger partial charge in [0.2, 0.25) is 5.91 Å². The van der Waals surface area contributed by atoms with Crippen LogP contribution in [0.1, 0.15) is 32.1 Å². The van der Waals surface area contributed by atoms with Crippen LogP contribution in [-0.4, -0.2) is 24.9 Å². The highest BCUT2D eigenvalue weighted by atomic mass is 16.2. The second kappa shape index (κ2) is 3.61. The maximum Gasteiger partial charge on any atom is 0.225 e. The van der Waals surface area contributed by atoms with Gasteiger partial charge in [0.15, 0.2) is 0 Å². The molecule has 2 saturated carbocycles. The fourth-order valence-electron chi connectivity index (χ4n) is 4.27. The first-order valence-corrected chi connectivity index (χ1v) is 6.59. The zero-order chi connectivity index (χ0) is 11.3. The van der Waals surface area contributed by atoms with Crippen LogP contribution in [0.15, 0.2) is 11.6 Å². The zero-order valence-electron chi connectivity index (χ0n) is 10.3. The van der Waals surface area contributed by atoms with Crippen LogP contribution in [0.25, 0.3) is 0 Å². The summed E-state index contributed by atoms with van der Waals surface area (Å²) in [5, 5.41) is 0. The van der Waals surface area contributed by atoms with E-state index < -0.39 is 0 Å². The minimum Gasteiger partial charge on any atom is -0.349 e. The van der Waals surface area contributed by atoms with E-state index in [1.54, 1.807) is 10.5 Å². The molecule has 0 aliphatic heterocycles. The number of nitrogens with zero attached hydrogens (tertiary/aromatic N) is 1. The third-order valence-electron chi connectivity index (χ3n) is 4.89. The Labute approximate surface area is 97.7 Å². The molecule has 0 heterocycles. The van der Waals surface area contributed by atoms with E-state index in [9.17, 15) is 4.79 Å². The summed E-state index contributed by atoms with van der Waals surface area (Å²) in [7, 11) is 3.79. The second-order valence-electron chi connectivity index (χ2n) is 5.92. The van der Waals surface area contributed by atoms with E-state index in [4.69, 9.17) is 0 Å². The Morgan fingerprint density at radius 1 is 1.31 bits per heavy atom. The van der Waals surface area contributed by atoms with E-state index in [0.717, 1.165) is 18.3 Å². The first-order chi connectivity index (χ1) is 7.68. The van der Waals surface area contributed by atoms with Gasteiger partial charge >= 0.3 is 0 Å². The summed E-state index contributed by atoms with van der Waals surface area (Å²) in [5.74, 6) is 2.94. The van der Waals surface area contributed by atoms with Crippen LogP contribution in [0.4, 0.5) is 0 Å². The van der Waals surface area contributed by atoms with E-state index >= 15 is 0 Å². The summed E-state index contributed by atoms with van der Waals surface area (Å²) in [5.41, 5.74) is 1.66. The van der Waals surface area contributed by atoms with Gasteiger partial charge in [0.1, 0.15) is 0 Å². The maximum absolute atomic E-state index is 12.2. The predicted molar refractivity (Wildman–Crippen MR) is 63.8 cm³/mol. The largest absolute Gasteiger partial charge is 0.349 e. The Kier molecular flexibility index (Phi) is 2.34. The number of carbonyl (C=O) groups excluding carboxylic acids is 1. The molecule has 4 unspecified atom stereocenters. The van der Waals surface area contributed by atoms with Crippen molar-refractivity contribution in [3.63, 3.8) is 0 Å². The molecule has 4 atom stereocenters. The van der Waals surface area contributed by atoms with E-state index in [2.05, 4.69) is 6.08 Å². The molecule has 0 aromatic heterocycles. The summed E-state index contributed by atoms with van der Waals surface area (Å²) in [6.45, 7) is 0. The molecule has 0 aromatic carbocycles. The van der Waals surface area contributed by atoms with E-state index in [0.29, 0.717) is 17.7 Å². The number of allylic oxidation sites excluding steroid dienone is 2. The molecular weight excluding hydrogens is 198 g/mol. The lowest BCUT2D eigenvalue weighted by atomic mass is 9.87. The average Bonchev–Trinajstić information content (AvgIpc) is 2.85. The Bertz CT molecular complexity index is 345. The molecule has 0 bridgehead atoms. The lowest BCUT2D eigenvalue weighted by Gasteiger charge is -2.23. The average molecular weight is 219 g/mol. The van der Waals surface area contributed by atoms with Crippen LogP contribution in [0.3, 0.4) is 0 Å². The zero-order valence-corrected chi connectivity index (χ0v) is 10.3. The molecule has 0 radical (unpaired) electrons. The van der Waals surface area contributed by atoms with Crippen LogP contribution in [0, 0.1) is 23.7 Å². The van der Waals surface area contributed by atoms with Crippen LogP contribution in [0.5, 0.6) is 0 Å². The number of amides is 1. The minimum absolute atomic E-state index is 0.300. The van der Waals surface area contributed by atoms with Gasteiger partial charge in [-0.05, 0) is 49.9 Å². The van der Waals surface area contributed by atoms with Gasteiger partial charge in [-0.25, -0.2) is 0 Å². The molecular formula is C14H21NO. The number of hydrogen-bond donors (Lipinski definition) is 0. The standard InChI is InChI=1S/C14H21NO/c1-15(2)14(16)12-7-6-10-8-9-4-3-5-11(9)13(10)12/h5,9-10,12-13H,3-4,6-8H2,1-2H3. The van der Waals surface area contributed by atoms with Gasteiger partial charge in [-0.2, -0.15) is 0 Å². The topological polar surface area (TPSA) is 20.3 Å². The highest BCUT2D eigenvalue weighted by Crippen LogP contribution is 2.56. The number of rotatable bonds is 1.